The number of Topliss-reactive ketones (excluding diaryl/α,β-unsaturated/α-hetero) is 1. The van der Waals surface area contributed by atoms with Crippen molar-refractivity contribution >= 4 is 16.7 Å². The highest BCUT2D eigenvalue weighted by atomic mass is 16.1. The minimum Gasteiger partial charge on any atom is -0.356 e. The first-order valence-corrected chi connectivity index (χ1v) is 5.98. The fraction of sp³-hybridized carbons (Fsp3) is 0.357. The van der Waals surface area contributed by atoms with Gasteiger partial charge in [0.25, 0.3) is 0 Å². The third-order valence-corrected chi connectivity index (χ3v) is 3.66. The number of rotatable bonds is 1. The van der Waals surface area contributed by atoms with Gasteiger partial charge in [-0.2, -0.15) is 0 Å². The fourth-order valence-electron chi connectivity index (χ4n) is 2.87. The van der Waals surface area contributed by atoms with Crippen LogP contribution in [0.3, 0.4) is 0 Å². The van der Waals surface area contributed by atoms with E-state index >= 15 is 0 Å². The lowest BCUT2D eigenvalue weighted by atomic mass is 9.96. The summed E-state index contributed by atoms with van der Waals surface area (Å²) in [5.41, 5.74) is 3.55. The first kappa shape index (κ1) is 10.5. The van der Waals surface area contributed by atoms with E-state index in [4.69, 9.17) is 0 Å². The molecule has 1 unspecified atom stereocenters. The van der Waals surface area contributed by atoms with Crippen molar-refractivity contribution in [2.45, 2.75) is 19.4 Å². The van der Waals surface area contributed by atoms with Gasteiger partial charge in [-0.3, -0.25) is 9.69 Å². The second kappa shape index (κ2) is 3.70. The van der Waals surface area contributed by atoms with Crippen molar-refractivity contribution in [1.82, 2.24) is 9.88 Å². The number of carbonyl (C=O) groups is 1. The average Bonchev–Trinajstić information content (AvgIpc) is 2.66. The molecule has 1 aliphatic heterocycles. The zero-order chi connectivity index (χ0) is 12.0. The summed E-state index contributed by atoms with van der Waals surface area (Å²) in [6.45, 7) is 2.61. The molecule has 0 spiro atoms. The van der Waals surface area contributed by atoms with E-state index in [-0.39, 0.29) is 11.8 Å². The van der Waals surface area contributed by atoms with Crippen molar-refractivity contribution in [3.8, 4) is 0 Å². The molecule has 3 rings (SSSR count). The van der Waals surface area contributed by atoms with Gasteiger partial charge in [0.2, 0.25) is 0 Å². The molecule has 88 valence electrons. The van der Waals surface area contributed by atoms with Crippen LogP contribution in [0.2, 0.25) is 0 Å². The Labute approximate surface area is 100 Å². The van der Waals surface area contributed by atoms with Gasteiger partial charge in [-0.1, -0.05) is 18.2 Å². The number of likely N-dealkylation sites (N-methyl/N-ethyl adjacent to an activating group) is 1. The number of aromatic amines is 1. The second-order valence-electron chi connectivity index (χ2n) is 4.81. The van der Waals surface area contributed by atoms with Gasteiger partial charge in [0, 0.05) is 23.1 Å². The van der Waals surface area contributed by atoms with Crippen molar-refractivity contribution in [1.29, 1.82) is 0 Å². The summed E-state index contributed by atoms with van der Waals surface area (Å²) in [6, 6.07) is 8.18. The quantitative estimate of drug-likeness (QED) is 0.813. The lowest BCUT2D eigenvalue weighted by Gasteiger charge is -2.30. The molecule has 2 aromatic rings. The number of fused-ring (bicyclic) bond motifs is 3. The number of benzene rings is 1. The number of aromatic nitrogens is 1. The number of carbonyl (C=O) groups excluding carboxylic acids is 1. The van der Waals surface area contributed by atoms with Gasteiger partial charge in [-0.05, 0) is 32.0 Å². The summed E-state index contributed by atoms with van der Waals surface area (Å²) in [5, 5.41) is 1.27. The Kier molecular flexibility index (Phi) is 2.30. The van der Waals surface area contributed by atoms with E-state index in [1.54, 1.807) is 6.92 Å². The molecule has 2 heterocycles. The van der Waals surface area contributed by atoms with Crippen LogP contribution in [0.4, 0.5) is 0 Å². The number of hydrogen-bond donors (Lipinski definition) is 1. The van der Waals surface area contributed by atoms with Gasteiger partial charge >= 0.3 is 0 Å². The molecule has 1 N–H and O–H groups in total. The molecule has 0 aliphatic carbocycles. The molecule has 1 aliphatic rings. The van der Waals surface area contributed by atoms with Crippen LogP contribution >= 0.6 is 0 Å². The highest BCUT2D eigenvalue weighted by molar-refractivity contribution is 5.90. The number of hydrogen-bond acceptors (Lipinski definition) is 2. The van der Waals surface area contributed by atoms with Gasteiger partial charge in [-0.15, -0.1) is 0 Å². The van der Waals surface area contributed by atoms with Crippen molar-refractivity contribution in [3.63, 3.8) is 0 Å². The lowest BCUT2D eigenvalue weighted by Crippen LogP contribution is -2.35. The normalized spacial score (nSPS) is 20.5. The number of ketones is 1. The Balaban J connectivity index is 2.25. The predicted molar refractivity (Wildman–Crippen MR) is 68.1 cm³/mol. The SMILES string of the molecule is CC(=O)C1c2[nH]c3ccccc3c2CCN1C. The third kappa shape index (κ3) is 1.50. The molecule has 3 nitrogen and oxygen atoms in total. The van der Waals surface area contributed by atoms with Crippen LogP contribution in [0.15, 0.2) is 24.3 Å². The molecular weight excluding hydrogens is 212 g/mol. The minimum atomic E-state index is -0.105. The van der Waals surface area contributed by atoms with Crippen LogP contribution in [0, 0.1) is 0 Å². The molecule has 1 aromatic carbocycles. The topological polar surface area (TPSA) is 36.1 Å². The van der Waals surface area contributed by atoms with E-state index in [2.05, 4.69) is 28.1 Å². The summed E-state index contributed by atoms with van der Waals surface area (Å²) >= 11 is 0. The zero-order valence-electron chi connectivity index (χ0n) is 10.2. The Bertz CT molecular complexity index is 585. The van der Waals surface area contributed by atoms with Gasteiger partial charge in [0.05, 0.1) is 0 Å². The molecule has 0 amide bonds. The largest absolute Gasteiger partial charge is 0.356 e. The Morgan fingerprint density at radius 2 is 2.18 bits per heavy atom. The van der Waals surface area contributed by atoms with Crippen molar-refractivity contribution in [2.24, 2.45) is 0 Å². The summed E-state index contributed by atoms with van der Waals surface area (Å²) in [4.78, 5) is 17.3. The molecule has 0 radical (unpaired) electrons. The zero-order valence-corrected chi connectivity index (χ0v) is 10.2. The van der Waals surface area contributed by atoms with E-state index in [1.807, 2.05) is 13.1 Å². The first-order chi connectivity index (χ1) is 8.18. The summed E-state index contributed by atoms with van der Waals surface area (Å²) in [7, 11) is 2.01. The highest BCUT2D eigenvalue weighted by Crippen LogP contribution is 2.33. The molecule has 1 aromatic heterocycles. The lowest BCUT2D eigenvalue weighted by molar-refractivity contribution is -0.122. The van der Waals surface area contributed by atoms with Crippen LogP contribution < -0.4 is 0 Å². The van der Waals surface area contributed by atoms with Crippen LogP contribution in [0.1, 0.15) is 24.2 Å². The number of nitrogens with zero attached hydrogens (tertiary/aromatic N) is 1. The molecule has 0 saturated carbocycles. The van der Waals surface area contributed by atoms with Crippen LogP contribution in [0.25, 0.3) is 10.9 Å². The summed E-state index contributed by atoms with van der Waals surface area (Å²) in [6.07, 6.45) is 1.01. The molecule has 3 heteroatoms. The van der Waals surface area contributed by atoms with Crippen LogP contribution in [-0.2, 0) is 11.2 Å². The van der Waals surface area contributed by atoms with E-state index in [1.165, 1.54) is 10.9 Å². The smallest absolute Gasteiger partial charge is 0.152 e. The maximum Gasteiger partial charge on any atom is 0.152 e. The molecule has 0 saturated heterocycles. The molecule has 17 heavy (non-hydrogen) atoms. The van der Waals surface area contributed by atoms with Crippen molar-refractivity contribution in [3.05, 3.63) is 35.5 Å². The molecule has 0 fully saturated rings. The van der Waals surface area contributed by atoms with Gasteiger partial charge < -0.3 is 4.98 Å². The first-order valence-electron chi connectivity index (χ1n) is 5.98. The van der Waals surface area contributed by atoms with Gasteiger partial charge in [0.15, 0.2) is 5.78 Å². The van der Waals surface area contributed by atoms with E-state index in [0.717, 1.165) is 24.2 Å². The Morgan fingerprint density at radius 1 is 1.41 bits per heavy atom. The third-order valence-electron chi connectivity index (χ3n) is 3.66. The highest BCUT2D eigenvalue weighted by Gasteiger charge is 2.30. The predicted octanol–water partition coefficient (Wildman–Crippen LogP) is 2.29. The fourth-order valence-corrected chi connectivity index (χ4v) is 2.87. The van der Waals surface area contributed by atoms with E-state index in [0.29, 0.717) is 0 Å². The van der Waals surface area contributed by atoms with E-state index in [9.17, 15) is 4.79 Å². The number of para-hydroxylation sites is 1. The Morgan fingerprint density at radius 3 is 2.94 bits per heavy atom. The maximum atomic E-state index is 11.8. The molecule has 0 bridgehead atoms. The van der Waals surface area contributed by atoms with Crippen LogP contribution in [-0.4, -0.2) is 29.3 Å². The summed E-state index contributed by atoms with van der Waals surface area (Å²) < 4.78 is 0. The monoisotopic (exact) mass is 228 g/mol. The van der Waals surface area contributed by atoms with Gasteiger partial charge in [-0.25, -0.2) is 0 Å². The number of H-pyrrole nitrogens is 1. The van der Waals surface area contributed by atoms with Crippen molar-refractivity contribution in [2.75, 3.05) is 13.6 Å². The minimum absolute atomic E-state index is 0.105. The maximum absolute atomic E-state index is 11.8. The van der Waals surface area contributed by atoms with Crippen molar-refractivity contribution < 1.29 is 4.79 Å². The molecular formula is C14H16N2O. The Hall–Kier alpha value is -1.61. The van der Waals surface area contributed by atoms with Gasteiger partial charge in [0.1, 0.15) is 6.04 Å². The summed E-state index contributed by atoms with van der Waals surface area (Å²) in [5.74, 6) is 0.208. The van der Waals surface area contributed by atoms with Crippen LogP contribution in [0.5, 0.6) is 0 Å². The molecule has 1 atom stereocenters. The average molecular weight is 228 g/mol. The number of nitrogens with one attached hydrogen (secondary N) is 1. The standard InChI is InChI=1S/C14H16N2O/c1-9(17)14-13-11(7-8-16(14)2)10-5-3-4-6-12(10)15-13/h3-6,14-15H,7-8H2,1-2H3. The van der Waals surface area contributed by atoms with E-state index < -0.39 is 0 Å². The second-order valence-corrected chi connectivity index (χ2v) is 4.81.